The van der Waals surface area contributed by atoms with Crippen LogP contribution in [0.3, 0.4) is 0 Å². The van der Waals surface area contributed by atoms with Crippen LogP contribution in [0, 0.1) is 6.92 Å². The Bertz CT molecular complexity index is 638. The van der Waals surface area contributed by atoms with Gasteiger partial charge in [-0.3, -0.25) is 9.59 Å². The average Bonchev–Trinajstić information content (AvgIpc) is 2.93. The molecule has 2 amide bonds. The second-order valence-electron chi connectivity index (χ2n) is 4.38. The van der Waals surface area contributed by atoms with Gasteiger partial charge in [-0.15, -0.1) is 11.3 Å². The van der Waals surface area contributed by atoms with Crippen LogP contribution in [0.5, 0.6) is 0 Å². The lowest BCUT2D eigenvalue weighted by Gasteiger charge is -2.13. The lowest BCUT2D eigenvalue weighted by Crippen LogP contribution is -2.27. The molecule has 0 fully saturated rings. The largest absolute Gasteiger partial charge is 0.366 e. The molecule has 1 aromatic heterocycles. The quantitative estimate of drug-likeness (QED) is 0.800. The van der Waals surface area contributed by atoms with Gasteiger partial charge >= 0.3 is 0 Å². The number of thiophene rings is 1. The Morgan fingerprint density at radius 3 is 2.60 bits per heavy atom. The van der Waals surface area contributed by atoms with Gasteiger partial charge in [-0.05, 0) is 42.1 Å². The molecular formula is C14H15N3O2S. The highest BCUT2D eigenvalue weighted by molar-refractivity contribution is 7.10. The van der Waals surface area contributed by atoms with Crippen LogP contribution < -0.4 is 16.8 Å². The van der Waals surface area contributed by atoms with E-state index in [-0.39, 0.29) is 5.91 Å². The molecule has 0 radical (unpaired) electrons. The predicted molar refractivity (Wildman–Crippen MR) is 79.6 cm³/mol. The topological polar surface area (TPSA) is 98.2 Å². The molecule has 0 saturated carbocycles. The summed E-state index contributed by atoms with van der Waals surface area (Å²) in [6.07, 6.45) is 0. The number of anilines is 1. The minimum atomic E-state index is -0.704. The third kappa shape index (κ3) is 3.04. The van der Waals surface area contributed by atoms with Gasteiger partial charge in [0.1, 0.15) is 6.04 Å². The fourth-order valence-electron chi connectivity index (χ4n) is 1.77. The third-order valence-corrected chi connectivity index (χ3v) is 3.86. The zero-order chi connectivity index (χ0) is 14.7. The molecule has 0 aliphatic carbocycles. The van der Waals surface area contributed by atoms with Crippen molar-refractivity contribution < 1.29 is 9.59 Å². The summed E-state index contributed by atoms with van der Waals surface area (Å²) in [7, 11) is 0. The first-order chi connectivity index (χ1) is 9.49. The van der Waals surface area contributed by atoms with Crippen LogP contribution in [0.2, 0.25) is 0 Å². The van der Waals surface area contributed by atoms with Crippen molar-refractivity contribution in [1.82, 2.24) is 0 Å². The van der Waals surface area contributed by atoms with Crippen molar-refractivity contribution >= 4 is 28.8 Å². The van der Waals surface area contributed by atoms with E-state index in [1.165, 1.54) is 11.3 Å². The minimum absolute atomic E-state index is 0.289. The smallest absolute Gasteiger partial charge is 0.248 e. The first kappa shape index (κ1) is 14.2. The van der Waals surface area contributed by atoms with Crippen LogP contribution in [-0.4, -0.2) is 11.8 Å². The molecule has 20 heavy (non-hydrogen) atoms. The number of rotatable bonds is 4. The Kier molecular flexibility index (Phi) is 4.16. The van der Waals surface area contributed by atoms with Crippen LogP contribution in [0.4, 0.5) is 5.69 Å². The van der Waals surface area contributed by atoms with E-state index in [2.05, 4.69) is 5.32 Å². The van der Waals surface area contributed by atoms with Gasteiger partial charge in [0.15, 0.2) is 0 Å². The highest BCUT2D eigenvalue weighted by atomic mass is 32.1. The highest BCUT2D eigenvalue weighted by Gasteiger charge is 2.17. The van der Waals surface area contributed by atoms with Crippen molar-refractivity contribution in [3.8, 4) is 0 Å². The summed E-state index contributed by atoms with van der Waals surface area (Å²) in [5.41, 5.74) is 12.9. The molecule has 1 unspecified atom stereocenters. The van der Waals surface area contributed by atoms with Gasteiger partial charge in [0.2, 0.25) is 11.8 Å². The van der Waals surface area contributed by atoms with E-state index in [1.54, 1.807) is 25.1 Å². The zero-order valence-electron chi connectivity index (χ0n) is 10.9. The maximum atomic E-state index is 12.1. The van der Waals surface area contributed by atoms with Crippen molar-refractivity contribution in [2.75, 3.05) is 5.32 Å². The molecule has 0 saturated heterocycles. The molecule has 2 rings (SSSR count). The summed E-state index contributed by atoms with van der Waals surface area (Å²) in [5.74, 6) is -0.788. The lowest BCUT2D eigenvalue weighted by atomic mass is 10.1. The second kappa shape index (κ2) is 5.85. The maximum absolute atomic E-state index is 12.1. The molecule has 0 bridgehead atoms. The third-order valence-electron chi connectivity index (χ3n) is 2.90. The first-order valence-electron chi connectivity index (χ1n) is 5.99. The predicted octanol–water partition coefficient (Wildman–Crippen LogP) is 1.79. The molecule has 0 aliphatic heterocycles. The first-order valence-corrected chi connectivity index (χ1v) is 6.87. The van der Waals surface area contributed by atoms with Crippen LogP contribution >= 0.6 is 11.3 Å². The molecule has 104 valence electrons. The van der Waals surface area contributed by atoms with Gasteiger partial charge in [0, 0.05) is 16.1 Å². The van der Waals surface area contributed by atoms with Gasteiger partial charge in [-0.25, -0.2) is 0 Å². The molecule has 2 aromatic rings. The van der Waals surface area contributed by atoms with Crippen LogP contribution in [0.1, 0.15) is 26.8 Å². The van der Waals surface area contributed by atoms with Gasteiger partial charge in [0.25, 0.3) is 0 Å². The van der Waals surface area contributed by atoms with E-state index < -0.39 is 11.9 Å². The van der Waals surface area contributed by atoms with E-state index >= 15 is 0 Å². The van der Waals surface area contributed by atoms with Gasteiger partial charge < -0.3 is 16.8 Å². The molecule has 1 atom stereocenters. The Balaban J connectivity index is 2.14. The van der Waals surface area contributed by atoms with E-state index in [0.717, 1.165) is 10.4 Å². The maximum Gasteiger partial charge on any atom is 0.248 e. The van der Waals surface area contributed by atoms with Crippen molar-refractivity contribution in [1.29, 1.82) is 0 Å². The van der Waals surface area contributed by atoms with Crippen LogP contribution in [-0.2, 0) is 4.79 Å². The fourth-order valence-corrected chi connectivity index (χ4v) is 2.49. The highest BCUT2D eigenvalue weighted by Crippen LogP contribution is 2.21. The molecule has 1 aromatic carbocycles. The summed E-state index contributed by atoms with van der Waals surface area (Å²) in [6.45, 7) is 1.79. The molecule has 0 spiro atoms. The molecule has 6 heteroatoms. The van der Waals surface area contributed by atoms with E-state index in [0.29, 0.717) is 11.3 Å². The number of nitrogens with two attached hydrogens (primary N) is 2. The Labute approximate surface area is 120 Å². The summed E-state index contributed by atoms with van der Waals surface area (Å²) in [6, 6.07) is 7.81. The number of primary amides is 1. The Morgan fingerprint density at radius 1 is 1.30 bits per heavy atom. The van der Waals surface area contributed by atoms with Crippen molar-refractivity contribution in [3.05, 3.63) is 51.7 Å². The normalized spacial score (nSPS) is 11.9. The van der Waals surface area contributed by atoms with Gasteiger partial charge in [0.05, 0.1) is 0 Å². The van der Waals surface area contributed by atoms with Crippen LogP contribution in [0.15, 0.2) is 35.7 Å². The lowest BCUT2D eigenvalue weighted by molar-refractivity contribution is -0.117. The summed E-state index contributed by atoms with van der Waals surface area (Å²) in [5, 5.41) is 4.63. The number of aryl methyl sites for hydroxylation is 1. The van der Waals surface area contributed by atoms with E-state index in [9.17, 15) is 9.59 Å². The number of amides is 2. The second-order valence-corrected chi connectivity index (χ2v) is 5.36. The van der Waals surface area contributed by atoms with Gasteiger partial charge in [-0.1, -0.05) is 6.07 Å². The fraction of sp³-hybridized carbons (Fsp3) is 0.143. The Hall–Kier alpha value is -2.18. The Morgan fingerprint density at radius 2 is 2.05 bits per heavy atom. The number of hydrogen-bond donors (Lipinski definition) is 3. The van der Waals surface area contributed by atoms with E-state index in [1.807, 2.05) is 17.5 Å². The van der Waals surface area contributed by atoms with Crippen molar-refractivity contribution in [2.45, 2.75) is 13.0 Å². The van der Waals surface area contributed by atoms with Gasteiger partial charge in [-0.2, -0.15) is 0 Å². The molecule has 5 nitrogen and oxygen atoms in total. The summed E-state index contributed by atoms with van der Waals surface area (Å²) >= 11 is 1.43. The SMILES string of the molecule is Cc1cc(C(N)=O)ccc1NC(=O)C(N)c1cccs1. The standard InChI is InChI=1S/C14H15N3O2S/c1-8-7-9(13(16)18)4-5-10(8)17-14(19)12(15)11-3-2-6-20-11/h2-7,12H,15H2,1H3,(H2,16,18)(H,17,19). The van der Waals surface area contributed by atoms with Crippen molar-refractivity contribution in [3.63, 3.8) is 0 Å². The number of carbonyl (C=O) groups is 2. The molecular weight excluding hydrogens is 274 g/mol. The zero-order valence-corrected chi connectivity index (χ0v) is 11.7. The molecule has 1 heterocycles. The number of benzene rings is 1. The molecule has 5 N–H and O–H groups in total. The average molecular weight is 289 g/mol. The number of hydrogen-bond acceptors (Lipinski definition) is 4. The summed E-state index contributed by atoms with van der Waals surface area (Å²) in [4.78, 5) is 23.9. The number of carbonyl (C=O) groups excluding carboxylic acids is 2. The van der Waals surface area contributed by atoms with E-state index in [4.69, 9.17) is 11.5 Å². The minimum Gasteiger partial charge on any atom is -0.366 e. The van der Waals surface area contributed by atoms with Crippen LogP contribution in [0.25, 0.3) is 0 Å². The number of nitrogens with one attached hydrogen (secondary N) is 1. The van der Waals surface area contributed by atoms with Crippen molar-refractivity contribution in [2.24, 2.45) is 11.5 Å². The summed E-state index contributed by atoms with van der Waals surface area (Å²) < 4.78 is 0. The molecule has 0 aliphatic rings. The monoisotopic (exact) mass is 289 g/mol.